The summed E-state index contributed by atoms with van der Waals surface area (Å²) in [5.41, 5.74) is 5.67. The first-order valence-electron chi connectivity index (χ1n) is 19.7. The molecule has 4 N–H and O–H groups in total. The zero-order chi connectivity index (χ0) is 40.6. The summed E-state index contributed by atoms with van der Waals surface area (Å²) in [5, 5.41) is 5.94. The molecular formula is C43H54N10O4. The number of likely N-dealkylation sites (tertiary alicyclic amines) is 2. The lowest BCUT2D eigenvalue weighted by Gasteiger charge is -2.30. The maximum atomic E-state index is 13.8. The summed E-state index contributed by atoms with van der Waals surface area (Å²) >= 11 is 0. The Balaban J connectivity index is 1.11. The minimum Gasteiger partial charge on any atom is -0.453 e. The van der Waals surface area contributed by atoms with E-state index in [9.17, 15) is 14.4 Å². The summed E-state index contributed by atoms with van der Waals surface area (Å²) in [6.07, 6.45) is 15.5. The van der Waals surface area contributed by atoms with Crippen molar-refractivity contribution in [2.75, 3.05) is 25.5 Å². The van der Waals surface area contributed by atoms with Crippen LogP contribution in [0.5, 0.6) is 0 Å². The molecule has 2 aliphatic rings. The summed E-state index contributed by atoms with van der Waals surface area (Å²) in [6, 6.07) is 8.53. The van der Waals surface area contributed by atoms with Crippen molar-refractivity contribution in [3.05, 3.63) is 103 Å². The van der Waals surface area contributed by atoms with Gasteiger partial charge in [0.25, 0.3) is 0 Å². The molecule has 14 nitrogen and oxygen atoms in total. The van der Waals surface area contributed by atoms with Gasteiger partial charge in [-0.2, -0.15) is 0 Å². The van der Waals surface area contributed by atoms with Crippen LogP contribution in [0.3, 0.4) is 0 Å². The molecule has 3 aromatic heterocycles. The number of benzene rings is 1. The molecule has 0 spiro atoms. The molecule has 6 rings (SSSR count). The van der Waals surface area contributed by atoms with Crippen LogP contribution < -0.4 is 10.6 Å². The number of rotatable bonds is 14. The average molecular weight is 775 g/mol. The normalized spacial score (nSPS) is 18.5. The van der Waals surface area contributed by atoms with Gasteiger partial charge in [0.1, 0.15) is 23.7 Å². The molecule has 300 valence electrons. The van der Waals surface area contributed by atoms with Crippen molar-refractivity contribution >= 4 is 35.0 Å². The first-order valence-corrected chi connectivity index (χ1v) is 19.7. The summed E-state index contributed by atoms with van der Waals surface area (Å²) in [6.45, 7) is 15.2. The number of aromatic amines is 2. The van der Waals surface area contributed by atoms with Crippen LogP contribution in [0.1, 0.15) is 95.3 Å². The number of hydrogen-bond acceptors (Lipinski definition) is 9. The zero-order valence-corrected chi connectivity index (χ0v) is 33.7. The molecule has 2 fully saturated rings. The highest BCUT2D eigenvalue weighted by molar-refractivity contribution is 5.87. The van der Waals surface area contributed by atoms with Crippen molar-refractivity contribution in [3.63, 3.8) is 0 Å². The lowest BCUT2D eigenvalue weighted by molar-refractivity contribution is -0.135. The highest BCUT2D eigenvalue weighted by Gasteiger charge is 2.38. The third kappa shape index (κ3) is 9.33. The summed E-state index contributed by atoms with van der Waals surface area (Å²) < 4.78 is 4.76. The monoisotopic (exact) mass is 774 g/mol. The van der Waals surface area contributed by atoms with Crippen LogP contribution >= 0.6 is 0 Å². The Bertz CT molecular complexity index is 2080. The standard InChI is InChI=1S/C43H54N10O4/c1-8-29(32-24-46-38(48-32)34-12-10-23-53(34)41(55)37(27(4)5)51-43(56)57-7)15-14-28(6)30-16-18-31(19-17-30)33-25-47-39(49-33)35-13-9-22-52(35)40(54)36(26(2)3)50-42-44-20-11-21-45-42/h8,11,14-21,24-27,34-37H,1,9-10,12-13,22-23H2,2-7H3,(H,46,48)(H,47,49)(H,51,56)(H,44,45,50)/b28-14+,29-15+/t34-,35-,36-,37-/m0/s1. The van der Waals surface area contributed by atoms with Crippen LogP contribution in [0.15, 0.2) is 79.9 Å². The van der Waals surface area contributed by atoms with Gasteiger partial charge in [-0.1, -0.05) is 76.8 Å². The number of hydrogen-bond donors (Lipinski definition) is 4. The number of nitrogens with one attached hydrogen (secondary N) is 4. The maximum Gasteiger partial charge on any atom is 0.407 e. The number of allylic oxidation sites excluding steroid dienone is 5. The number of aromatic nitrogens is 6. The second kappa shape index (κ2) is 18.3. The molecule has 2 aliphatic heterocycles. The second-order valence-corrected chi connectivity index (χ2v) is 15.3. The van der Waals surface area contributed by atoms with Crippen LogP contribution in [0.25, 0.3) is 22.4 Å². The molecule has 4 atom stereocenters. The van der Waals surface area contributed by atoms with Gasteiger partial charge in [-0.15, -0.1) is 0 Å². The lowest BCUT2D eigenvalue weighted by Crippen LogP contribution is -2.51. The Morgan fingerprint density at radius 3 is 2.04 bits per heavy atom. The highest BCUT2D eigenvalue weighted by atomic mass is 16.5. The van der Waals surface area contributed by atoms with Crippen LogP contribution in [-0.4, -0.2) is 89.9 Å². The molecule has 0 bridgehead atoms. The number of carbonyl (C=O) groups excluding carboxylic acids is 3. The predicted octanol–water partition coefficient (Wildman–Crippen LogP) is 7.11. The average Bonchev–Trinajstić information content (AvgIpc) is 4.06. The van der Waals surface area contributed by atoms with E-state index in [4.69, 9.17) is 9.72 Å². The van der Waals surface area contributed by atoms with Gasteiger partial charge in [0.15, 0.2) is 0 Å². The third-order valence-corrected chi connectivity index (χ3v) is 10.8. The first-order chi connectivity index (χ1) is 27.5. The molecular weight excluding hydrogens is 721 g/mol. The minimum atomic E-state index is -0.696. The summed E-state index contributed by atoms with van der Waals surface area (Å²) in [7, 11) is 1.29. The number of amides is 3. The summed E-state index contributed by atoms with van der Waals surface area (Å²) in [4.78, 5) is 67.9. The van der Waals surface area contributed by atoms with E-state index in [1.54, 1.807) is 35.6 Å². The smallest absolute Gasteiger partial charge is 0.407 e. The van der Waals surface area contributed by atoms with Crippen LogP contribution in [0.2, 0.25) is 0 Å². The zero-order valence-electron chi connectivity index (χ0n) is 33.7. The fourth-order valence-electron chi connectivity index (χ4n) is 7.51. The van der Waals surface area contributed by atoms with Crippen LogP contribution in [0.4, 0.5) is 10.7 Å². The van der Waals surface area contributed by atoms with E-state index >= 15 is 0 Å². The number of nitrogens with zero attached hydrogens (tertiary/aromatic N) is 6. The Hall–Kier alpha value is -6.05. The van der Waals surface area contributed by atoms with Gasteiger partial charge in [-0.05, 0) is 72.8 Å². The predicted molar refractivity (Wildman–Crippen MR) is 220 cm³/mol. The number of alkyl carbamates (subject to hydrolysis) is 1. The second-order valence-electron chi connectivity index (χ2n) is 15.3. The molecule has 0 unspecified atom stereocenters. The number of anilines is 1. The van der Waals surface area contributed by atoms with Gasteiger partial charge in [0.2, 0.25) is 17.8 Å². The van der Waals surface area contributed by atoms with E-state index in [1.165, 1.54) is 7.11 Å². The first kappa shape index (κ1) is 40.6. The Labute approximate surface area is 334 Å². The molecule has 0 saturated carbocycles. The number of carbonyl (C=O) groups is 3. The van der Waals surface area contributed by atoms with Crippen molar-refractivity contribution < 1.29 is 19.1 Å². The molecule has 0 radical (unpaired) electrons. The van der Waals surface area contributed by atoms with E-state index in [2.05, 4.69) is 73.3 Å². The minimum absolute atomic E-state index is 0.0183. The Morgan fingerprint density at radius 1 is 0.842 bits per heavy atom. The fourth-order valence-corrected chi connectivity index (χ4v) is 7.51. The van der Waals surface area contributed by atoms with Gasteiger partial charge < -0.3 is 35.1 Å². The van der Waals surface area contributed by atoms with E-state index in [1.807, 2.05) is 50.9 Å². The summed E-state index contributed by atoms with van der Waals surface area (Å²) in [5.74, 6) is 1.71. The fraction of sp³-hybridized carbons (Fsp3) is 0.419. The maximum absolute atomic E-state index is 13.8. The molecule has 57 heavy (non-hydrogen) atoms. The molecule has 4 aromatic rings. The van der Waals surface area contributed by atoms with Crippen LogP contribution in [0, 0.1) is 11.8 Å². The van der Waals surface area contributed by atoms with E-state index in [-0.39, 0.29) is 35.7 Å². The number of imidazole rings is 2. The van der Waals surface area contributed by atoms with Gasteiger partial charge in [-0.3, -0.25) is 9.59 Å². The van der Waals surface area contributed by atoms with Gasteiger partial charge in [0.05, 0.1) is 43.0 Å². The molecule has 14 heteroatoms. The van der Waals surface area contributed by atoms with Crippen molar-refractivity contribution in [1.29, 1.82) is 0 Å². The van der Waals surface area contributed by atoms with Crippen molar-refractivity contribution in [2.24, 2.45) is 11.8 Å². The Kier molecular flexibility index (Phi) is 13.0. The van der Waals surface area contributed by atoms with E-state index in [0.717, 1.165) is 65.2 Å². The van der Waals surface area contributed by atoms with Crippen LogP contribution in [-0.2, 0) is 14.3 Å². The molecule has 5 heterocycles. The lowest BCUT2D eigenvalue weighted by atomic mass is 10.0. The van der Waals surface area contributed by atoms with Crippen molar-refractivity contribution in [2.45, 2.75) is 84.5 Å². The van der Waals surface area contributed by atoms with Gasteiger partial charge in [0, 0.05) is 25.5 Å². The van der Waals surface area contributed by atoms with Crippen molar-refractivity contribution in [3.8, 4) is 11.3 Å². The number of methoxy groups -OCH3 is 1. The molecule has 0 aliphatic carbocycles. The SMILES string of the molecule is C=C/C(=C\C=C(/C)c1ccc(-c2cnc([C@@H]3CCCN3C(=O)[C@@H](Nc3ncccn3)C(C)C)[nH]2)cc1)c1cnc([C@@H]2CCCN2C(=O)[C@@H](NC(=O)OC)C(C)C)[nH]1. The van der Waals surface area contributed by atoms with E-state index in [0.29, 0.717) is 24.9 Å². The number of H-pyrrole nitrogens is 2. The van der Waals surface area contributed by atoms with Gasteiger partial charge in [-0.25, -0.2) is 24.7 Å². The molecule has 3 amide bonds. The molecule has 1 aromatic carbocycles. The topological polar surface area (TPSA) is 174 Å². The largest absolute Gasteiger partial charge is 0.453 e. The quantitative estimate of drug-likeness (QED) is 0.0974. The van der Waals surface area contributed by atoms with Gasteiger partial charge >= 0.3 is 6.09 Å². The third-order valence-electron chi connectivity index (χ3n) is 10.8. The van der Waals surface area contributed by atoms with E-state index < -0.39 is 18.2 Å². The Morgan fingerprint density at radius 2 is 1.44 bits per heavy atom. The van der Waals surface area contributed by atoms with Crippen molar-refractivity contribution in [1.82, 2.24) is 45.0 Å². The number of ether oxygens (including phenoxy) is 1. The molecule has 2 saturated heterocycles. The highest BCUT2D eigenvalue weighted by Crippen LogP contribution is 2.34.